The van der Waals surface area contributed by atoms with Gasteiger partial charge in [-0.05, 0) is 50.3 Å². The van der Waals surface area contributed by atoms with Crippen molar-refractivity contribution in [1.82, 2.24) is 4.90 Å². The maximum Gasteiger partial charge on any atom is 0.336 e. The molecule has 12 heteroatoms. The van der Waals surface area contributed by atoms with E-state index in [0.29, 0.717) is 11.4 Å². The van der Waals surface area contributed by atoms with Gasteiger partial charge in [0.1, 0.15) is 0 Å². The van der Waals surface area contributed by atoms with Crippen molar-refractivity contribution in [2.75, 3.05) is 36.8 Å². The Hall–Kier alpha value is -3.51. The number of aliphatic hydroxyl groups is 1. The summed E-state index contributed by atoms with van der Waals surface area (Å²) in [6.45, 7) is 9.60. The molecule has 6 N–H and O–H groups in total. The molecule has 12 nitrogen and oxygen atoms in total. The molecule has 1 aromatic rings. The second-order valence-corrected chi connectivity index (χ2v) is 7.37. The van der Waals surface area contributed by atoms with Gasteiger partial charge in [0, 0.05) is 19.2 Å². The van der Waals surface area contributed by atoms with Gasteiger partial charge in [0.05, 0.1) is 18.5 Å². The number of rotatable bonds is 13. The first-order chi connectivity index (χ1) is 15.8. The standard InChI is InChI=1S/C16H25N3O2.C6H8O7/c1-4-19(5-2)12-6-11-17-15-9-7-14(18-13(3)20)8-10-16(15)21;7-3(8)1-6(13,5(11)12)2-4(9)10/h7-10H,4-6,11-12H2,1-3H3,(H,17,21)(H,18,20);13H,1-2H2,(H,7,8)(H,9,10)(H,11,12). The van der Waals surface area contributed by atoms with Gasteiger partial charge in [-0.3, -0.25) is 19.2 Å². The van der Waals surface area contributed by atoms with E-state index < -0.39 is 36.4 Å². The molecule has 0 aliphatic rings. The van der Waals surface area contributed by atoms with Crippen molar-refractivity contribution in [3.05, 3.63) is 34.5 Å². The molecule has 190 valence electrons. The first kappa shape index (κ1) is 30.5. The smallest absolute Gasteiger partial charge is 0.336 e. The van der Waals surface area contributed by atoms with E-state index in [-0.39, 0.29) is 11.3 Å². The SMILES string of the molecule is CCN(CC)CCCNc1ccc(NC(C)=O)ccc1=O.O=C(O)CC(O)(CC(=O)O)C(=O)O. The van der Waals surface area contributed by atoms with Crippen LogP contribution >= 0.6 is 0 Å². The number of carbonyl (C=O) groups is 4. The summed E-state index contributed by atoms with van der Waals surface area (Å²) in [5.41, 5.74) is -1.63. The van der Waals surface area contributed by atoms with E-state index >= 15 is 0 Å². The van der Waals surface area contributed by atoms with Gasteiger partial charge in [-0.2, -0.15) is 0 Å². The maximum atomic E-state index is 11.9. The molecule has 0 aromatic heterocycles. The average Bonchev–Trinajstić information content (AvgIpc) is 2.88. The minimum atomic E-state index is -2.74. The van der Waals surface area contributed by atoms with Crippen LogP contribution in [0.25, 0.3) is 0 Å². The number of anilines is 2. The van der Waals surface area contributed by atoms with Crippen molar-refractivity contribution in [3.8, 4) is 0 Å². The predicted octanol–water partition coefficient (Wildman–Crippen LogP) is 0.901. The third-order valence-corrected chi connectivity index (χ3v) is 4.58. The van der Waals surface area contributed by atoms with E-state index in [2.05, 4.69) is 29.4 Å². The molecule has 0 aliphatic heterocycles. The van der Waals surface area contributed by atoms with E-state index in [1.54, 1.807) is 18.2 Å². The Kier molecular flexibility index (Phi) is 13.8. The zero-order chi connectivity index (χ0) is 26.3. The molecule has 0 heterocycles. The van der Waals surface area contributed by atoms with Crippen molar-refractivity contribution >= 4 is 35.2 Å². The zero-order valence-electron chi connectivity index (χ0n) is 19.5. The first-order valence-electron chi connectivity index (χ1n) is 10.6. The summed E-state index contributed by atoms with van der Waals surface area (Å²) in [5, 5.41) is 39.6. The third-order valence-electron chi connectivity index (χ3n) is 4.58. The van der Waals surface area contributed by atoms with Crippen molar-refractivity contribution in [3.63, 3.8) is 0 Å². The quantitative estimate of drug-likeness (QED) is 0.218. The Balaban J connectivity index is 0.000000722. The highest BCUT2D eigenvalue weighted by atomic mass is 16.4. The Morgan fingerprint density at radius 3 is 1.91 bits per heavy atom. The lowest BCUT2D eigenvalue weighted by molar-refractivity contribution is -0.170. The average molecular weight is 484 g/mol. The maximum absolute atomic E-state index is 11.9. The highest BCUT2D eigenvalue weighted by molar-refractivity contribution is 5.89. The number of nitrogens with one attached hydrogen (secondary N) is 2. The molecule has 34 heavy (non-hydrogen) atoms. The predicted molar refractivity (Wildman–Crippen MR) is 125 cm³/mol. The summed E-state index contributed by atoms with van der Waals surface area (Å²) in [6.07, 6.45) is -1.30. The van der Waals surface area contributed by atoms with Crippen LogP contribution < -0.4 is 16.1 Å². The van der Waals surface area contributed by atoms with Crippen LogP contribution in [-0.2, 0) is 19.2 Å². The molecule has 0 atom stereocenters. The minimum Gasteiger partial charge on any atom is -0.481 e. The van der Waals surface area contributed by atoms with Crippen molar-refractivity contribution in [2.45, 2.75) is 45.6 Å². The second-order valence-electron chi connectivity index (χ2n) is 7.37. The van der Waals surface area contributed by atoms with Crippen LogP contribution in [0.4, 0.5) is 11.4 Å². The fraction of sp³-hybridized carbons (Fsp3) is 0.500. The van der Waals surface area contributed by atoms with Crippen LogP contribution in [0.2, 0.25) is 0 Å². The molecule has 0 saturated heterocycles. The number of nitrogens with zero attached hydrogens (tertiary/aromatic N) is 1. The fourth-order valence-corrected chi connectivity index (χ4v) is 2.78. The Labute approximate surface area is 197 Å². The van der Waals surface area contributed by atoms with E-state index in [1.807, 2.05) is 0 Å². The molecule has 0 aliphatic carbocycles. The zero-order valence-corrected chi connectivity index (χ0v) is 19.5. The lowest BCUT2D eigenvalue weighted by atomic mass is 9.96. The van der Waals surface area contributed by atoms with Crippen molar-refractivity contribution in [1.29, 1.82) is 0 Å². The van der Waals surface area contributed by atoms with Gasteiger partial charge >= 0.3 is 17.9 Å². The van der Waals surface area contributed by atoms with Gasteiger partial charge in [0.2, 0.25) is 11.3 Å². The summed E-state index contributed by atoms with van der Waals surface area (Å²) >= 11 is 0. The number of hydrogen-bond donors (Lipinski definition) is 6. The van der Waals surface area contributed by atoms with Gasteiger partial charge < -0.3 is 36.0 Å². The topological polar surface area (TPSA) is 194 Å². The number of amides is 1. The monoisotopic (exact) mass is 483 g/mol. The van der Waals surface area contributed by atoms with E-state index in [1.165, 1.54) is 13.0 Å². The number of aliphatic carboxylic acids is 3. The minimum absolute atomic E-state index is 0.0746. The molecule has 0 saturated carbocycles. The van der Waals surface area contributed by atoms with E-state index in [9.17, 15) is 24.0 Å². The first-order valence-corrected chi connectivity index (χ1v) is 10.6. The number of carboxylic acid groups (broad SMARTS) is 3. The van der Waals surface area contributed by atoms with Crippen LogP contribution in [0.1, 0.15) is 40.0 Å². The molecular weight excluding hydrogens is 450 g/mol. The van der Waals surface area contributed by atoms with Crippen LogP contribution in [0.15, 0.2) is 29.1 Å². The summed E-state index contributed by atoms with van der Waals surface area (Å²) in [5.74, 6) is -5.17. The largest absolute Gasteiger partial charge is 0.481 e. The summed E-state index contributed by atoms with van der Waals surface area (Å²) in [7, 11) is 0. The number of carbonyl (C=O) groups excluding carboxylic acids is 1. The normalized spacial score (nSPS) is 10.6. The van der Waals surface area contributed by atoms with Crippen LogP contribution in [0.5, 0.6) is 0 Å². The van der Waals surface area contributed by atoms with Gasteiger partial charge in [0.15, 0.2) is 5.60 Å². The van der Waals surface area contributed by atoms with E-state index in [0.717, 1.165) is 32.6 Å². The number of hydrogen-bond acceptors (Lipinski definition) is 8. The number of carboxylic acids is 3. The fourth-order valence-electron chi connectivity index (χ4n) is 2.78. The molecule has 0 fully saturated rings. The Morgan fingerprint density at radius 2 is 1.47 bits per heavy atom. The molecule has 0 spiro atoms. The van der Waals surface area contributed by atoms with Gasteiger partial charge in [-0.15, -0.1) is 0 Å². The van der Waals surface area contributed by atoms with Gasteiger partial charge in [0.25, 0.3) is 0 Å². The highest BCUT2D eigenvalue weighted by Crippen LogP contribution is 2.15. The van der Waals surface area contributed by atoms with Crippen molar-refractivity contribution in [2.24, 2.45) is 0 Å². The second kappa shape index (κ2) is 15.3. The molecule has 0 unspecified atom stereocenters. The van der Waals surface area contributed by atoms with Gasteiger partial charge in [-0.25, -0.2) is 4.79 Å². The van der Waals surface area contributed by atoms with Crippen LogP contribution in [0.3, 0.4) is 0 Å². The van der Waals surface area contributed by atoms with Crippen LogP contribution in [0, 0.1) is 0 Å². The van der Waals surface area contributed by atoms with Crippen LogP contribution in [-0.4, -0.2) is 80.9 Å². The molecule has 1 rings (SSSR count). The lowest BCUT2D eigenvalue weighted by Crippen LogP contribution is -2.42. The summed E-state index contributed by atoms with van der Waals surface area (Å²) in [6, 6.07) is 6.53. The van der Waals surface area contributed by atoms with E-state index in [4.69, 9.17) is 20.4 Å². The lowest BCUT2D eigenvalue weighted by Gasteiger charge is -2.18. The molecule has 0 radical (unpaired) electrons. The van der Waals surface area contributed by atoms with Gasteiger partial charge in [-0.1, -0.05) is 13.8 Å². The molecular formula is C22H33N3O9. The van der Waals surface area contributed by atoms with Crippen molar-refractivity contribution < 1.29 is 39.6 Å². The summed E-state index contributed by atoms with van der Waals surface area (Å²) in [4.78, 5) is 55.8. The molecule has 1 amide bonds. The molecule has 1 aromatic carbocycles. The highest BCUT2D eigenvalue weighted by Gasteiger charge is 2.40. The summed E-state index contributed by atoms with van der Waals surface area (Å²) < 4.78 is 0. The Morgan fingerprint density at radius 1 is 0.941 bits per heavy atom. The third kappa shape index (κ3) is 12.5. The Bertz CT molecular complexity index is 885. The molecule has 0 bridgehead atoms.